The Labute approximate surface area is 184 Å². The van der Waals surface area contributed by atoms with Gasteiger partial charge in [-0.2, -0.15) is 4.31 Å². The van der Waals surface area contributed by atoms with Gasteiger partial charge in [0.1, 0.15) is 0 Å². The van der Waals surface area contributed by atoms with E-state index in [0.29, 0.717) is 41.5 Å². The fraction of sp³-hybridized carbons (Fsp3) is 0.500. The Morgan fingerprint density at radius 2 is 2.00 bits per heavy atom. The summed E-state index contributed by atoms with van der Waals surface area (Å²) in [6, 6.07) is 7.09. The first kappa shape index (κ1) is 23.1. The van der Waals surface area contributed by atoms with Crippen LogP contribution in [0.25, 0.3) is 0 Å². The number of hydrogen-bond acceptors (Lipinski definition) is 6. The monoisotopic (exact) mass is 445 g/mol. The lowest BCUT2D eigenvalue weighted by Crippen LogP contribution is -2.32. The number of benzene rings is 1. The molecule has 0 unspecified atom stereocenters. The Hall–Kier alpha value is -2.52. The van der Waals surface area contributed by atoms with Gasteiger partial charge < -0.3 is 10.2 Å². The third-order valence-electron chi connectivity index (χ3n) is 5.38. The molecule has 1 aliphatic rings. The smallest absolute Gasteiger partial charge is 0.254 e. The lowest BCUT2D eigenvalue weighted by molar-refractivity contribution is 0.0941. The number of nitrogens with zero attached hydrogens (tertiary/aromatic N) is 4. The molecule has 31 heavy (non-hydrogen) atoms. The minimum Gasteiger partial charge on any atom is -0.350 e. The van der Waals surface area contributed by atoms with Crippen molar-refractivity contribution in [3.8, 4) is 0 Å². The lowest BCUT2D eigenvalue weighted by Gasteiger charge is -2.20. The van der Waals surface area contributed by atoms with Crippen LogP contribution >= 0.6 is 0 Å². The second kappa shape index (κ2) is 9.32. The lowest BCUT2D eigenvalue weighted by atomic mass is 9.99. The Morgan fingerprint density at radius 1 is 1.29 bits per heavy atom. The molecular formula is C22H31N5O3S. The topological polar surface area (TPSA) is 95.5 Å². The third kappa shape index (κ3) is 4.88. The van der Waals surface area contributed by atoms with Gasteiger partial charge in [0.15, 0.2) is 0 Å². The molecule has 8 nitrogen and oxygen atoms in total. The van der Waals surface area contributed by atoms with Crippen molar-refractivity contribution in [3.63, 3.8) is 0 Å². The first-order valence-electron chi connectivity index (χ1n) is 10.6. The normalized spacial score (nSPS) is 17.2. The van der Waals surface area contributed by atoms with Crippen LogP contribution in [0.15, 0.2) is 35.4 Å². The Bertz CT molecular complexity index is 1050. The van der Waals surface area contributed by atoms with Crippen molar-refractivity contribution < 1.29 is 13.2 Å². The molecule has 2 aromatic rings. The minimum absolute atomic E-state index is 0.0279. The number of amides is 1. The first-order valence-corrected chi connectivity index (χ1v) is 12.0. The van der Waals surface area contributed by atoms with Crippen LogP contribution < -0.4 is 10.2 Å². The second-order valence-electron chi connectivity index (χ2n) is 8.30. The molecule has 3 rings (SSSR count). The summed E-state index contributed by atoms with van der Waals surface area (Å²) in [6.45, 7) is 6.40. The van der Waals surface area contributed by atoms with Crippen molar-refractivity contribution >= 4 is 21.9 Å². The Balaban J connectivity index is 1.94. The summed E-state index contributed by atoms with van der Waals surface area (Å²) in [7, 11) is 0.0448. The summed E-state index contributed by atoms with van der Waals surface area (Å²) in [5, 5.41) is 2.89. The van der Waals surface area contributed by atoms with E-state index in [1.807, 2.05) is 47.0 Å². The predicted molar refractivity (Wildman–Crippen MR) is 121 cm³/mol. The van der Waals surface area contributed by atoms with Crippen molar-refractivity contribution in [1.29, 1.82) is 0 Å². The summed E-state index contributed by atoms with van der Waals surface area (Å²) in [4.78, 5) is 23.8. The molecule has 1 saturated heterocycles. The number of sulfonamides is 1. The van der Waals surface area contributed by atoms with Crippen LogP contribution in [-0.2, 0) is 16.4 Å². The highest BCUT2D eigenvalue weighted by molar-refractivity contribution is 7.89. The molecule has 0 bridgehead atoms. The van der Waals surface area contributed by atoms with E-state index in [1.54, 1.807) is 23.2 Å². The molecule has 0 radical (unpaired) electrons. The van der Waals surface area contributed by atoms with Gasteiger partial charge in [-0.05, 0) is 38.3 Å². The van der Waals surface area contributed by atoms with Crippen LogP contribution in [0, 0.1) is 0 Å². The van der Waals surface area contributed by atoms with E-state index >= 15 is 0 Å². The minimum atomic E-state index is -3.62. The zero-order chi connectivity index (χ0) is 22.8. The number of carbonyl (C=O) groups is 1. The standard InChI is InChI=1S/C22H31N5O3S/c1-6-16-9-7-8-10-19(16)31(29,30)27-12-11-17(14-27)20-18(21(28)24-15(2)3)13-23-22(25-20)26(4)5/h7-10,13,15,17H,6,11-12,14H2,1-5H3,(H,24,28)/t17-/m0/s1. The van der Waals surface area contributed by atoms with Crippen LogP contribution in [0.1, 0.15) is 54.7 Å². The molecule has 0 spiro atoms. The Kier molecular flexibility index (Phi) is 6.96. The molecule has 0 aliphatic carbocycles. The molecule has 1 atom stereocenters. The largest absolute Gasteiger partial charge is 0.350 e. The molecule has 168 valence electrons. The van der Waals surface area contributed by atoms with Gasteiger partial charge in [-0.3, -0.25) is 4.79 Å². The molecule has 1 aromatic heterocycles. The molecule has 1 fully saturated rings. The molecule has 1 aromatic carbocycles. The van der Waals surface area contributed by atoms with Gasteiger partial charge in [0.05, 0.1) is 16.2 Å². The van der Waals surface area contributed by atoms with E-state index in [0.717, 1.165) is 5.56 Å². The van der Waals surface area contributed by atoms with Crippen LogP contribution in [0.5, 0.6) is 0 Å². The van der Waals surface area contributed by atoms with Crippen LogP contribution in [0.4, 0.5) is 5.95 Å². The van der Waals surface area contributed by atoms with E-state index in [-0.39, 0.29) is 24.4 Å². The number of aryl methyl sites for hydroxylation is 1. The maximum atomic E-state index is 13.3. The summed E-state index contributed by atoms with van der Waals surface area (Å²) < 4.78 is 28.2. The van der Waals surface area contributed by atoms with E-state index in [2.05, 4.69) is 15.3 Å². The fourth-order valence-corrected chi connectivity index (χ4v) is 5.58. The molecule has 1 N–H and O–H groups in total. The highest BCUT2D eigenvalue weighted by atomic mass is 32.2. The van der Waals surface area contributed by atoms with Gasteiger partial charge in [-0.15, -0.1) is 0 Å². The summed E-state index contributed by atoms with van der Waals surface area (Å²) in [5.41, 5.74) is 1.80. The van der Waals surface area contributed by atoms with Gasteiger partial charge in [0, 0.05) is 45.3 Å². The average molecular weight is 446 g/mol. The summed E-state index contributed by atoms with van der Waals surface area (Å²) in [6.07, 6.45) is 2.78. The molecule has 2 heterocycles. The van der Waals surface area contributed by atoms with Gasteiger partial charge in [0.2, 0.25) is 16.0 Å². The van der Waals surface area contributed by atoms with Gasteiger partial charge in [-0.25, -0.2) is 18.4 Å². The van der Waals surface area contributed by atoms with E-state index in [9.17, 15) is 13.2 Å². The number of carbonyl (C=O) groups excluding carboxylic acids is 1. The van der Waals surface area contributed by atoms with Crippen LogP contribution in [-0.4, -0.2) is 61.8 Å². The van der Waals surface area contributed by atoms with Crippen molar-refractivity contribution in [1.82, 2.24) is 19.6 Å². The van der Waals surface area contributed by atoms with Crippen molar-refractivity contribution in [2.45, 2.75) is 50.5 Å². The van der Waals surface area contributed by atoms with Crippen LogP contribution in [0.2, 0.25) is 0 Å². The van der Waals surface area contributed by atoms with Gasteiger partial charge in [-0.1, -0.05) is 25.1 Å². The second-order valence-corrected chi connectivity index (χ2v) is 10.2. The van der Waals surface area contributed by atoms with Crippen molar-refractivity contribution in [2.75, 3.05) is 32.1 Å². The number of hydrogen-bond donors (Lipinski definition) is 1. The maximum Gasteiger partial charge on any atom is 0.254 e. The number of aromatic nitrogens is 2. The highest BCUT2D eigenvalue weighted by Gasteiger charge is 2.36. The predicted octanol–water partition coefficient (Wildman–Crippen LogP) is 2.42. The van der Waals surface area contributed by atoms with E-state index in [1.165, 1.54) is 4.31 Å². The molecule has 0 saturated carbocycles. The van der Waals surface area contributed by atoms with E-state index < -0.39 is 10.0 Å². The van der Waals surface area contributed by atoms with Gasteiger partial charge >= 0.3 is 0 Å². The molecule has 1 aliphatic heterocycles. The molecular weight excluding hydrogens is 414 g/mol. The zero-order valence-electron chi connectivity index (χ0n) is 18.8. The van der Waals surface area contributed by atoms with E-state index in [4.69, 9.17) is 0 Å². The average Bonchev–Trinajstić information content (AvgIpc) is 3.23. The fourth-order valence-electron chi connectivity index (χ4n) is 3.78. The molecule has 9 heteroatoms. The number of anilines is 1. The number of nitrogens with one attached hydrogen (secondary N) is 1. The van der Waals surface area contributed by atoms with Crippen molar-refractivity contribution in [3.05, 3.63) is 47.3 Å². The summed E-state index contributed by atoms with van der Waals surface area (Å²) >= 11 is 0. The highest BCUT2D eigenvalue weighted by Crippen LogP contribution is 2.33. The van der Waals surface area contributed by atoms with Crippen molar-refractivity contribution in [2.24, 2.45) is 0 Å². The molecule has 1 amide bonds. The quantitative estimate of drug-likeness (QED) is 0.703. The first-order chi connectivity index (χ1) is 14.6. The zero-order valence-corrected chi connectivity index (χ0v) is 19.6. The maximum absolute atomic E-state index is 13.3. The SMILES string of the molecule is CCc1ccccc1S(=O)(=O)N1CC[C@H](c2nc(N(C)C)ncc2C(=O)NC(C)C)C1. The Morgan fingerprint density at radius 3 is 2.65 bits per heavy atom. The number of rotatable bonds is 7. The van der Waals surface area contributed by atoms with Gasteiger partial charge in [0.25, 0.3) is 5.91 Å². The summed E-state index contributed by atoms with van der Waals surface area (Å²) in [5.74, 6) is 0.0693. The third-order valence-corrected chi connectivity index (χ3v) is 7.34. The van der Waals surface area contributed by atoms with Crippen LogP contribution in [0.3, 0.4) is 0 Å².